The van der Waals surface area contributed by atoms with Crippen molar-refractivity contribution in [1.29, 1.82) is 0 Å². The predicted molar refractivity (Wildman–Crippen MR) is 118 cm³/mol. The molecule has 2 unspecified atom stereocenters. The van der Waals surface area contributed by atoms with Gasteiger partial charge in [0.2, 0.25) is 0 Å². The van der Waals surface area contributed by atoms with Gasteiger partial charge in [0.25, 0.3) is 10.0 Å². The van der Waals surface area contributed by atoms with E-state index >= 15 is 0 Å². The molecule has 1 aromatic heterocycles. The van der Waals surface area contributed by atoms with Crippen LogP contribution in [0, 0.1) is 0 Å². The number of benzene rings is 2. The Morgan fingerprint density at radius 1 is 1.13 bits per heavy atom. The van der Waals surface area contributed by atoms with Gasteiger partial charge in [-0.05, 0) is 23.3 Å². The van der Waals surface area contributed by atoms with E-state index in [4.69, 9.17) is 23.2 Å². The number of imidazole rings is 1. The van der Waals surface area contributed by atoms with E-state index in [9.17, 15) is 8.42 Å². The first-order chi connectivity index (χ1) is 14.3. The summed E-state index contributed by atoms with van der Waals surface area (Å²) in [6.45, 7) is 1.25. The molecule has 6 nitrogen and oxygen atoms in total. The summed E-state index contributed by atoms with van der Waals surface area (Å²) in [4.78, 5) is 4.05. The van der Waals surface area contributed by atoms with Crippen molar-refractivity contribution in [2.75, 3.05) is 13.1 Å². The van der Waals surface area contributed by atoms with Crippen LogP contribution in [0.25, 0.3) is 0 Å². The van der Waals surface area contributed by atoms with Crippen molar-refractivity contribution in [3.63, 3.8) is 0 Å². The lowest BCUT2D eigenvalue weighted by Gasteiger charge is -2.20. The first kappa shape index (κ1) is 21.3. The fourth-order valence-corrected chi connectivity index (χ4v) is 5.70. The van der Waals surface area contributed by atoms with E-state index in [-0.39, 0.29) is 17.0 Å². The number of hydrogen-bond acceptors (Lipinski definition) is 4. The van der Waals surface area contributed by atoms with E-state index in [1.54, 1.807) is 23.7 Å². The van der Waals surface area contributed by atoms with Gasteiger partial charge >= 0.3 is 0 Å². The van der Waals surface area contributed by atoms with Gasteiger partial charge in [-0.15, -0.1) is 0 Å². The van der Waals surface area contributed by atoms with E-state index < -0.39 is 10.0 Å². The smallest absolute Gasteiger partial charge is 0.262 e. The molecular formula is C21H22Cl2N4O2S. The van der Waals surface area contributed by atoms with Gasteiger partial charge in [-0.1, -0.05) is 59.6 Å². The zero-order chi connectivity index (χ0) is 21.3. The maximum absolute atomic E-state index is 13.1. The summed E-state index contributed by atoms with van der Waals surface area (Å²) in [6.07, 6.45) is 3.02. The van der Waals surface area contributed by atoms with Crippen LogP contribution in [0.5, 0.6) is 0 Å². The van der Waals surface area contributed by atoms with Gasteiger partial charge < -0.3 is 9.88 Å². The molecule has 1 aliphatic heterocycles. The minimum atomic E-state index is -3.67. The van der Waals surface area contributed by atoms with E-state index in [1.165, 1.54) is 16.8 Å². The number of nitrogens with one attached hydrogen (secondary N) is 1. The van der Waals surface area contributed by atoms with Crippen LogP contribution in [0.4, 0.5) is 0 Å². The maximum Gasteiger partial charge on any atom is 0.262 e. The van der Waals surface area contributed by atoms with Crippen molar-refractivity contribution >= 4 is 33.2 Å². The molecule has 2 heterocycles. The van der Waals surface area contributed by atoms with Crippen LogP contribution in [0.3, 0.4) is 0 Å². The Kier molecular flexibility index (Phi) is 6.18. The molecule has 9 heteroatoms. The van der Waals surface area contributed by atoms with Gasteiger partial charge in [-0.2, -0.15) is 4.31 Å². The highest BCUT2D eigenvalue weighted by atomic mass is 35.5. The zero-order valence-corrected chi connectivity index (χ0v) is 18.7. The van der Waals surface area contributed by atoms with Crippen molar-refractivity contribution in [1.82, 2.24) is 19.2 Å². The average Bonchev–Trinajstić information content (AvgIpc) is 3.35. The molecular weight excluding hydrogens is 443 g/mol. The van der Waals surface area contributed by atoms with E-state index in [0.717, 1.165) is 11.1 Å². The van der Waals surface area contributed by atoms with Crippen molar-refractivity contribution in [2.45, 2.75) is 23.5 Å². The number of hydrogen-bond donors (Lipinski definition) is 1. The third kappa shape index (κ3) is 4.40. The standard InChI is InChI=1S/C21H22Cl2N4O2S/c1-26-13-21(25-14-26)30(28,29)27-11-18(15-5-3-2-4-6-15)20(12-27)24-10-16-7-8-17(22)9-19(16)23/h2-9,13-14,18,20,24H,10-12H2,1H3. The Bertz CT molecular complexity index is 1130. The lowest BCUT2D eigenvalue weighted by Crippen LogP contribution is -2.36. The Labute approximate surface area is 186 Å². The summed E-state index contributed by atoms with van der Waals surface area (Å²) in [5.41, 5.74) is 2.01. The Balaban J connectivity index is 1.58. The summed E-state index contributed by atoms with van der Waals surface area (Å²) in [6, 6.07) is 15.3. The summed E-state index contributed by atoms with van der Waals surface area (Å²) in [5.74, 6) is 0.00997. The largest absolute Gasteiger partial charge is 0.339 e. The van der Waals surface area contributed by atoms with E-state index in [2.05, 4.69) is 10.3 Å². The van der Waals surface area contributed by atoms with Crippen LogP contribution >= 0.6 is 23.2 Å². The molecule has 4 rings (SSSR count). The number of aryl methyl sites for hydroxylation is 1. The highest BCUT2D eigenvalue weighted by Crippen LogP contribution is 2.32. The fraction of sp³-hybridized carbons (Fsp3) is 0.286. The SMILES string of the molecule is Cn1cnc(S(=O)(=O)N2CC(NCc3ccc(Cl)cc3Cl)C(c3ccccc3)C2)c1. The molecule has 158 valence electrons. The number of aromatic nitrogens is 2. The minimum absolute atomic E-state index is 0.00997. The van der Waals surface area contributed by atoms with Crippen LogP contribution in [-0.2, 0) is 23.6 Å². The summed E-state index contributed by atoms with van der Waals surface area (Å²) >= 11 is 12.3. The van der Waals surface area contributed by atoms with E-state index in [1.807, 2.05) is 36.4 Å². The van der Waals surface area contributed by atoms with Crippen LogP contribution in [0.1, 0.15) is 17.0 Å². The molecule has 3 aromatic rings. The van der Waals surface area contributed by atoms with Crippen LogP contribution in [-0.4, -0.2) is 41.4 Å². The number of halogens is 2. The van der Waals surface area contributed by atoms with Gasteiger partial charge in [0.05, 0.1) is 6.33 Å². The second-order valence-corrected chi connectivity index (χ2v) is 10.2. The maximum atomic E-state index is 13.1. The van der Waals surface area contributed by atoms with E-state index in [0.29, 0.717) is 29.7 Å². The second kappa shape index (κ2) is 8.69. The van der Waals surface area contributed by atoms with Crippen LogP contribution in [0.2, 0.25) is 10.0 Å². The normalized spacial score (nSPS) is 20.0. The number of sulfonamides is 1. The summed E-state index contributed by atoms with van der Waals surface area (Å²) in [5, 5.41) is 4.74. The van der Waals surface area contributed by atoms with Crippen molar-refractivity contribution in [3.05, 3.63) is 82.2 Å². The molecule has 0 amide bonds. The number of nitrogens with zero attached hydrogens (tertiary/aromatic N) is 3. The van der Waals surface area contributed by atoms with Gasteiger partial charge in [0.15, 0.2) is 5.03 Å². The Morgan fingerprint density at radius 3 is 2.57 bits per heavy atom. The van der Waals surface area contributed by atoms with Crippen LogP contribution in [0.15, 0.2) is 66.1 Å². The molecule has 1 saturated heterocycles. The molecule has 1 aliphatic rings. The monoisotopic (exact) mass is 464 g/mol. The Hall–Kier alpha value is -1.90. The first-order valence-electron chi connectivity index (χ1n) is 9.55. The van der Waals surface area contributed by atoms with Crippen LogP contribution < -0.4 is 5.32 Å². The predicted octanol–water partition coefficient (Wildman–Crippen LogP) is 3.67. The van der Waals surface area contributed by atoms with Crippen molar-refractivity contribution < 1.29 is 8.42 Å². The lowest BCUT2D eigenvalue weighted by molar-refractivity contribution is 0.454. The highest BCUT2D eigenvalue weighted by molar-refractivity contribution is 7.89. The Morgan fingerprint density at radius 2 is 1.90 bits per heavy atom. The molecule has 1 N–H and O–H groups in total. The molecule has 0 bridgehead atoms. The molecule has 2 aromatic carbocycles. The molecule has 1 fully saturated rings. The number of rotatable bonds is 6. The fourth-order valence-electron chi connectivity index (χ4n) is 3.77. The zero-order valence-electron chi connectivity index (χ0n) is 16.4. The molecule has 0 saturated carbocycles. The minimum Gasteiger partial charge on any atom is -0.339 e. The average molecular weight is 465 g/mol. The van der Waals surface area contributed by atoms with Gasteiger partial charge in [-0.3, -0.25) is 0 Å². The van der Waals surface area contributed by atoms with Crippen molar-refractivity contribution in [2.24, 2.45) is 7.05 Å². The third-order valence-electron chi connectivity index (χ3n) is 5.37. The summed E-state index contributed by atoms with van der Waals surface area (Å²) in [7, 11) is -1.92. The van der Waals surface area contributed by atoms with Gasteiger partial charge in [0, 0.05) is 54.9 Å². The topological polar surface area (TPSA) is 67.2 Å². The third-order valence-corrected chi connectivity index (χ3v) is 7.67. The quantitative estimate of drug-likeness (QED) is 0.603. The van der Waals surface area contributed by atoms with Gasteiger partial charge in [0.1, 0.15) is 0 Å². The van der Waals surface area contributed by atoms with Crippen molar-refractivity contribution in [3.8, 4) is 0 Å². The molecule has 0 spiro atoms. The van der Waals surface area contributed by atoms with Gasteiger partial charge in [-0.25, -0.2) is 13.4 Å². The molecule has 0 aliphatic carbocycles. The first-order valence-corrected chi connectivity index (χ1v) is 11.7. The lowest BCUT2D eigenvalue weighted by atomic mass is 9.94. The summed E-state index contributed by atoms with van der Waals surface area (Å²) < 4.78 is 29.4. The molecule has 30 heavy (non-hydrogen) atoms. The molecule has 2 atom stereocenters. The second-order valence-electron chi connectivity index (χ2n) is 7.44. The molecule has 0 radical (unpaired) electrons. The highest BCUT2D eigenvalue weighted by Gasteiger charge is 2.40.